The average molecular weight is 509 g/mol. The van der Waals surface area contributed by atoms with Crippen molar-refractivity contribution in [1.29, 1.82) is 0 Å². The second-order valence-corrected chi connectivity index (χ2v) is 7.54. The smallest absolute Gasteiger partial charge is 0.225 e. The molecule has 2 rings (SSSR count). The summed E-state index contributed by atoms with van der Waals surface area (Å²) in [5, 5.41) is 6.71. The van der Waals surface area contributed by atoms with Gasteiger partial charge in [0.05, 0.1) is 0 Å². The molecule has 8 heteroatoms. The molecule has 0 bridgehead atoms. The van der Waals surface area contributed by atoms with Gasteiger partial charge >= 0.3 is 0 Å². The lowest BCUT2D eigenvalue weighted by Crippen LogP contribution is -2.52. The van der Waals surface area contributed by atoms with E-state index in [9.17, 15) is 4.79 Å². The highest BCUT2D eigenvalue weighted by Gasteiger charge is 2.30. The van der Waals surface area contributed by atoms with Gasteiger partial charge in [-0.1, -0.05) is 19.8 Å². The number of nitrogens with zero attached hydrogens (tertiary/aromatic N) is 3. The minimum atomic E-state index is 0. The SMILES string of the molecule is CCCCOCCCNC(=NC)NCCN1CCN(C(=O)C2CCC2)CC1.I. The Morgan fingerprint density at radius 1 is 1.07 bits per heavy atom. The first-order valence-corrected chi connectivity index (χ1v) is 10.8. The van der Waals surface area contributed by atoms with Gasteiger partial charge in [-0.2, -0.15) is 0 Å². The number of hydrogen-bond donors (Lipinski definition) is 2. The standard InChI is InChI=1S/C20H39N5O2.HI/c1-3-4-16-27-17-6-9-22-20(21-2)23-10-11-24-12-14-25(15-13-24)19(26)18-7-5-8-18;/h18H,3-17H2,1-2H3,(H2,21,22,23);1H. The van der Waals surface area contributed by atoms with Crippen molar-refractivity contribution in [2.24, 2.45) is 10.9 Å². The molecule has 28 heavy (non-hydrogen) atoms. The number of unbranched alkanes of at least 4 members (excludes halogenated alkanes) is 1. The minimum Gasteiger partial charge on any atom is -0.381 e. The van der Waals surface area contributed by atoms with Crippen LogP contribution in [0.15, 0.2) is 4.99 Å². The molecule has 0 atom stereocenters. The molecule has 2 aliphatic rings. The number of hydrogen-bond acceptors (Lipinski definition) is 4. The lowest BCUT2D eigenvalue weighted by atomic mass is 9.84. The van der Waals surface area contributed by atoms with Gasteiger partial charge in [-0.3, -0.25) is 14.7 Å². The molecule has 0 spiro atoms. The van der Waals surface area contributed by atoms with Crippen LogP contribution in [0.25, 0.3) is 0 Å². The van der Waals surface area contributed by atoms with Gasteiger partial charge in [-0.25, -0.2) is 0 Å². The molecular weight excluding hydrogens is 469 g/mol. The molecule has 164 valence electrons. The first-order chi connectivity index (χ1) is 13.2. The second-order valence-electron chi connectivity index (χ2n) is 7.54. The molecule has 7 nitrogen and oxygen atoms in total. The van der Waals surface area contributed by atoms with Gasteiger partial charge in [0.2, 0.25) is 5.91 Å². The summed E-state index contributed by atoms with van der Waals surface area (Å²) in [5.74, 6) is 1.56. The number of nitrogens with one attached hydrogen (secondary N) is 2. The number of ether oxygens (including phenoxy) is 1. The normalized spacial score (nSPS) is 18.4. The molecule has 0 aromatic heterocycles. The maximum Gasteiger partial charge on any atom is 0.225 e. The number of carbonyl (C=O) groups excluding carboxylic acids is 1. The highest BCUT2D eigenvalue weighted by atomic mass is 127. The Kier molecular flexibility index (Phi) is 13.9. The van der Waals surface area contributed by atoms with Gasteiger partial charge in [0.25, 0.3) is 0 Å². The number of halogens is 1. The number of amides is 1. The second kappa shape index (κ2) is 15.3. The minimum absolute atomic E-state index is 0. The van der Waals surface area contributed by atoms with Gasteiger partial charge in [0, 0.05) is 72.0 Å². The summed E-state index contributed by atoms with van der Waals surface area (Å²) in [6.45, 7) is 10.2. The fraction of sp³-hybridized carbons (Fsp3) is 0.900. The van der Waals surface area contributed by atoms with Crippen LogP contribution in [-0.2, 0) is 9.53 Å². The van der Waals surface area contributed by atoms with Crippen LogP contribution in [0.4, 0.5) is 0 Å². The van der Waals surface area contributed by atoms with Gasteiger partial charge in [-0.15, -0.1) is 24.0 Å². The first kappa shape index (κ1) is 25.4. The molecule has 1 heterocycles. The van der Waals surface area contributed by atoms with Crippen molar-refractivity contribution < 1.29 is 9.53 Å². The molecule has 2 N–H and O–H groups in total. The summed E-state index contributed by atoms with van der Waals surface area (Å²) in [6, 6.07) is 0. The zero-order valence-corrected chi connectivity index (χ0v) is 20.1. The topological polar surface area (TPSA) is 69.2 Å². The van der Waals surface area contributed by atoms with E-state index < -0.39 is 0 Å². The fourth-order valence-electron chi connectivity index (χ4n) is 3.39. The number of piperazine rings is 1. The Morgan fingerprint density at radius 3 is 2.36 bits per heavy atom. The summed E-state index contributed by atoms with van der Waals surface area (Å²) in [6.07, 6.45) is 6.73. The van der Waals surface area contributed by atoms with Crippen LogP contribution in [0.3, 0.4) is 0 Å². The van der Waals surface area contributed by atoms with Gasteiger partial charge in [0.15, 0.2) is 5.96 Å². The van der Waals surface area contributed by atoms with E-state index >= 15 is 0 Å². The quantitative estimate of drug-likeness (QED) is 0.193. The lowest BCUT2D eigenvalue weighted by Gasteiger charge is -2.38. The predicted molar refractivity (Wildman–Crippen MR) is 125 cm³/mol. The van der Waals surface area contributed by atoms with Crippen LogP contribution < -0.4 is 10.6 Å². The van der Waals surface area contributed by atoms with E-state index in [0.29, 0.717) is 11.8 Å². The average Bonchev–Trinajstić information content (AvgIpc) is 2.65. The van der Waals surface area contributed by atoms with Crippen LogP contribution >= 0.6 is 24.0 Å². The highest BCUT2D eigenvalue weighted by Crippen LogP contribution is 2.28. The largest absolute Gasteiger partial charge is 0.381 e. The van der Waals surface area contributed by atoms with E-state index in [4.69, 9.17) is 4.74 Å². The third-order valence-electron chi connectivity index (χ3n) is 5.48. The summed E-state index contributed by atoms with van der Waals surface area (Å²) in [7, 11) is 1.80. The molecule has 1 saturated carbocycles. The Labute approximate surface area is 188 Å². The van der Waals surface area contributed by atoms with Crippen molar-refractivity contribution in [2.45, 2.75) is 45.4 Å². The third-order valence-corrected chi connectivity index (χ3v) is 5.48. The van der Waals surface area contributed by atoms with E-state index in [0.717, 1.165) is 90.7 Å². The molecule has 0 aromatic carbocycles. The maximum absolute atomic E-state index is 12.3. The summed E-state index contributed by atoms with van der Waals surface area (Å²) < 4.78 is 5.57. The van der Waals surface area contributed by atoms with Crippen molar-refractivity contribution in [3.05, 3.63) is 0 Å². The lowest BCUT2D eigenvalue weighted by molar-refractivity contribution is -0.139. The summed E-state index contributed by atoms with van der Waals surface area (Å²) >= 11 is 0. The molecule has 0 radical (unpaired) electrons. The number of carbonyl (C=O) groups is 1. The van der Waals surface area contributed by atoms with Crippen LogP contribution in [0.1, 0.15) is 45.4 Å². The molecule has 1 amide bonds. The molecule has 1 aliphatic carbocycles. The molecular formula is C20H40IN5O2. The Bertz CT molecular complexity index is 452. The van der Waals surface area contributed by atoms with Crippen molar-refractivity contribution in [3.8, 4) is 0 Å². The van der Waals surface area contributed by atoms with Crippen LogP contribution in [0.2, 0.25) is 0 Å². The Hall–Kier alpha value is -0.610. The molecule has 0 aromatic rings. The summed E-state index contributed by atoms with van der Waals surface area (Å²) in [4.78, 5) is 21.1. The van der Waals surface area contributed by atoms with Gasteiger partial charge in [-0.05, 0) is 25.7 Å². The van der Waals surface area contributed by atoms with E-state index in [1.165, 1.54) is 12.8 Å². The molecule has 1 saturated heterocycles. The van der Waals surface area contributed by atoms with E-state index in [2.05, 4.69) is 32.3 Å². The van der Waals surface area contributed by atoms with Crippen molar-refractivity contribution in [2.75, 3.05) is 66.1 Å². The van der Waals surface area contributed by atoms with Crippen LogP contribution in [0.5, 0.6) is 0 Å². The zero-order valence-electron chi connectivity index (χ0n) is 17.8. The number of guanidine groups is 1. The zero-order chi connectivity index (χ0) is 19.3. The molecule has 0 unspecified atom stereocenters. The highest BCUT2D eigenvalue weighted by molar-refractivity contribution is 14.0. The number of rotatable bonds is 11. The Balaban J connectivity index is 0.00000392. The van der Waals surface area contributed by atoms with Gasteiger partial charge in [0.1, 0.15) is 0 Å². The van der Waals surface area contributed by atoms with Crippen molar-refractivity contribution >= 4 is 35.8 Å². The van der Waals surface area contributed by atoms with E-state index in [1.54, 1.807) is 7.05 Å². The van der Waals surface area contributed by atoms with Crippen molar-refractivity contribution in [1.82, 2.24) is 20.4 Å². The fourth-order valence-corrected chi connectivity index (χ4v) is 3.39. The van der Waals surface area contributed by atoms with Crippen molar-refractivity contribution in [3.63, 3.8) is 0 Å². The summed E-state index contributed by atoms with van der Waals surface area (Å²) in [5.41, 5.74) is 0. The van der Waals surface area contributed by atoms with Crippen LogP contribution in [0, 0.1) is 5.92 Å². The van der Waals surface area contributed by atoms with E-state index in [1.807, 2.05) is 0 Å². The number of aliphatic imine (C=N–C) groups is 1. The van der Waals surface area contributed by atoms with Crippen LogP contribution in [-0.4, -0.2) is 87.7 Å². The molecule has 2 fully saturated rings. The third kappa shape index (κ3) is 9.26. The van der Waals surface area contributed by atoms with E-state index in [-0.39, 0.29) is 24.0 Å². The Morgan fingerprint density at radius 2 is 1.75 bits per heavy atom. The maximum atomic E-state index is 12.3. The monoisotopic (exact) mass is 509 g/mol. The first-order valence-electron chi connectivity index (χ1n) is 10.8. The predicted octanol–water partition coefficient (Wildman–Crippen LogP) is 1.92. The molecule has 1 aliphatic heterocycles. The van der Waals surface area contributed by atoms with Gasteiger partial charge < -0.3 is 20.3 Å².